The van der Waals surface area contributed by atoms with Crippen LogP contribution in [-0.4, -0.2) is 38.5 Å². The van der Waals surface area contributed by atoms with E-state index >= 15 is 0 Å². The summed E-state index contributed by atoms with van der Waals surface area (Å²) in [6.45, 7) is 0.0486. The average molecular weight is 272 g/mol. The van der Waals surface area contributed by atoms with E-state index in [0.717, 1.165) is 9.87 Å². The SMILES string of the molecule is CN(C)S(=O)(=O)NC(CCCO)c1ccccc1. The predicted molar refractivity (Wildman–Crippen MR) is 71.2 cm³/mol. The van der Waals surface area contributed by atoms with Crippen molar-refractivity contribution in [3.8, 4) is 0 Å². The molecule has 0 heterocycles. The van der Waals surface area contributed by atoms with Gasteiger partial charge in [-0.1, -0.05) is 30.3 Å². The largest absolute Gasteiger partial charge is 0.396 e. The van der Waals surface area contributed by atoms with Crippen molar-refractivity contribution >= 4 is 10.2 Å². The minimum atomic E-state index is -3.47. The molecule has 0 saturated heterocycles. The van der Waals surface area contributed by atoms with Crippen molar-refractivity contribution in [2.75, 3.05) is 20.7 Å². The molecule has 1 atom stereocenters. The summed E-state index contributed by atoms with van der Waals surface area (Å²) >= 11 is 0. The molecule has 1 aromatic carbocycles. The molecule has 102 valence electrons. The van der Waals surface area contributed by atoms with E-state index < -0.39 is 10.2 Å². The van der Waals surface area contributed by atoms with Crippen molar-refractivity contribution < 1.29 is 13.5 Å². The van der Waals surface area contributed by atoms with Gasteiger partial charge in [-0.15, -0.1) is 0 Å². The topological polar surface area (TPSA) is 69.6 Å². The molecule has 0 aliphatic carbocycles. The lowest BCUT2D eigenvalue weighted by atomic mass is 10.0. The maximum Gasteiger partial charge on any atom is 0.279 e. The van der Waals surface area contributed by atoms with E-state index in [2.05, 4.69) is 4.72 Å². The second-order valence-electron chi connectivity index (χ2n) is 4.23. The molecular formula is C12H20N2O3S. The minimum Gasteiger partial charge on any atom is -0.396 e. The van der Waals surface area contributed by atoms with E-state index in [1.165, 1.54) is 14.1 Å². The second-order valence-corrected chi connectivity index (χ2v) is 6.15. The first-order chi connectivity index (χ1) is 8.47. The van der Waals surface area contributed by atoms with Gasteiger partial charge in [0.15, 0.2) is 0 Å². The fourth-order valence-corrected chi connectivity index (χ4v) is 2.38. The van der Waals surface area contributed by atoms with Crippen LogP contribution in [0, 0.1) is 0 Å². The molecule has 0 fully saturated rings. The zero-order valence-electron chi connectivity index (χ0n) is 10.7. The number of nitrogens with zero attached hydrogens (tertiary/aromatic N) is 1. The lowest BCUT2D eigenvalue weighted by molar-refractivity contribution is 0.278. The van der Waals surface area contributed by atoms with Gasteiger partial charge in [0.1, 0.15) is 0 Å². The van der Waals surface area contributed by atoms with Gasteiger partial charge >= 0.3 is 0 Å². The second kappa shape index (κ2) is 6.84. The highest BCUT2D eigenvalue weighted by molar-refractivity contribution is 7.87. The number of benzene rings is 1. The maximum absolute atomic E-state index is 11.8. The van der Waals surface area contributed by atoms with Crippen LogP contribution in [0.25, 0.3) is 0 Å². The third kappa shape index (κ3) is 4.38. The lowest BCUT2D eigenvalue weighted by Crippen LogP contribution is -2.38. The van der Waals surface area contributed by atoms with Crippen LogP contribution in [0.1, 0.15) is 24.4 Å². The van der Waals surface area contributed by atoms with Gasteiger partial charge in [-0.25, -0.2) is 0 Å². The molecule has 2 N–H and O–H groups in total. The zero-order valence-corrected chi connectivity index (χ0v) is 11.5. The predicted octanol–water partition coefficient (Wildman–Crippen LogP) is 0.896. The summed E-state index contributed by atoms with van der Waals surface area (Å²) < 4.78 is 27.4. The van der Waals surface area contributed by atoms with Crippen molar-refractivity contribution in [2.45, 2.75) is 18.9 Å². The van der Waals surface area contributed by atoms with Gasteiger partial charge in [0.25, 0.3) is 10.2 Å². The first-order valence-corrected chi connectivity index (χ1v) is 7.27. The molecule has 18 heavy (non-hydrogen) atoms. The van der Waals surface area contributed by atoms with Crippen LogP contribution >= 0.6 is 0 Å². The quantitative estimate of drug-likeness (QED) is 0.774. The van der Waals surface area contributed by atoms with E-state index in [9.17, 15) is 8.42 Å². The van der Waals surface area contributed by atoms with Crippen LogP contribution in [0.4, 0.5) is 0 Å². The zero-order chi connectivity index (χ0) is 13.6. The smallest absolute Gasteiger partial charge is 0.279 e. The molecule has 0 spiro atoms. The molecule has 6 heteroatoms. The summed E-state index contributed by atoms with van der Waals surface area (Å²) in [4.78, 5) is 0. The summed E-state index contributed by atoms with van der Waals surface area (Å²) in [5.41, 5.74) is 0.899. The first-order valence-electron chi connectivity index (χ1n) is 5.83. The lowest BCUT2D eigenvalue weighted by Gasteiger charge is -2.21. The molecule has 1 rings (SSSR count). The number of aliphatic hydroxyl groups excluding tert-OH is 1. The Kier molecular flexibility index (Phi) is 5.74. The Balaban J connectivity index is 2.86. The summed E-state index contributed by atoms with van der Waals surface area (Å²) in [6, 6.07) is 9.05. The van der Waals surface area contributed by atoms with Gasteiger partial charge in [0, 0.05) is 26.7 Å². The third-order valence-electron chi connectivity index (χ3n) is 2.62. The van der Waals surface area contributed by atoms with Gasteiger partial charge in [0.2, 0.25) is 0 Å². The van der Waals surface area contributed by atoms with Crippen LogP contribution in [0.2, 0.25) is 0 Å². The molecule has 0 aromatic heterocycles. The Morgan fingerprint density at radius 2 is 1.89 bits per heavy atom. The van der Waals surface area contributed by atoms with Gasteiger partial charge in [0.05, 0.1) is 0 Å². The first kappa shape index (κ1) is 15.1. The van der Waals surface area contributed by atoms with Crippen LogP contribution in [0.3, 0.4) is 0 Å². The highest BCUT2D eigenvalue weighted by atomic mass is 32.2. The fraction of sp³-hybridized carbons (Fsp3) is 0.500. The Hall–Kier alpha value is -0.950. The van der Waals surface area contributed by atoms with Crippen molar-refractivity contribution in [1.82, 2.24) is 9.03 Å². The van der Waals surface area contributed by atoms with Crippen LogP contribution in [0.5, 0.6) is 0 Å². The Morgan fingerprint density at radius 1 is 1.28 bits per heavy atom. The number of hydrogen-bond donors (Lipinski definition) is 2. The molecular weight excluding hydrogens is 252 g/mol. The molecule has 0 amide bonds. The van der Waals surface area contributed by atoms with Crippen molar-refractivity contribution in [1.29, 1.82) is 0 Å². The van der Waals surface area contributed by atoms with Gasteiger partial charge in [-0.3, -0.25) is 0 Å². The van der Waals surface area contributed by atoms with Gasteiger partial charge in [-0.05, 0) is 18.4 Å². The highest BCUT2D eigenvalue weighted by Crippen LogP contribution is 2.19. The molecule has 0 aliphatic rings. The minimum absolute atomic E-state index is 0.0486. The number of rotatable bonds is 7. The molecule has 1 unspecified atom stereocenters. The van der Waals surface area contributed by atoms with E-state index in [-0.39, 0.29) is 12.6 Å². The van der Waals surface area contributed by atoms with Gasteiger partial charge < -0.3 is 5.11 Å². The number of aliphatic hydroxyl groups is 1. The maximum atomic E-state index is 11.8. The van der Waals surface area contributed by atoms with Crippen molar-refractivity contribution in [3.05, 3.63) is 35.9 Å². The molecule has 0 radical (unpaired) electrons. The van der Waals surface area contributed by atoms with E-state index in [1.807, 2.05) is 30.3 Å². The molecule has 5 nitrogen and oxygen atoms in total. The van der Waals surface area contributed by atoms with Crippen molar-refractivity contribution in [2.24, 2.45) is 0 Å². The Morgan fingerprint density at radius 3 is 2.39 bits per heavy atom. The van der Waals surface area contributed by atoms with E-state index in [1.54, 1.807) is 0 Å². The monoisotopic (exact) mass is 272 g/mol. The number of hydrogen-bond acceptors (Lipinski definition) is 3. The van der Waals surface area contributed by atoms with E-state index in [0.29, 0.717) is 12.8 Å². The Labute approximate surface area is 109 Å². The summed E-state index contributed by atoms with van der Waals surface area (Å²) in [7, 11) is -0.509. The standard InChI is InChI=1S/C12H20N2O3S/c1-14(2)18(16,17)13-12(9-6-10-15)11-7-4-3-5-8-11/h3-5,7-8,12-13,15H,6,9-10H2,1-2H3. The summed E-state index contributed by atoms with van der Waals surface area (Å²) in [6.07, 6.45) is 1.11. The van der Waals surface area contributed by atoms with E-state index in [4.69, 9.17) is 5.11 Å². The molecule has 0 saturated carbocycles. The highest BCUT2D eigenvalue weighted by Gasteiger charge is 2.20. The third-order valence-corrected chi connectivity index (χ3v) is 4.17. The average Bonchev–Trinajstić information content (AvgIpc) is 2.35. The summed E-state index contributed by atoms with van der Waals surface area (Å²) in [5.74, 6) is 0. The normalized spacial score (nSPS) is 13.8. The molecule has 0 bridgehead atoms. The summed E-state index contributed by atoms with van der Waals surface area (Å²) in [5, 5.41) is 8.88. The van der Waals surface area contributed by atoms with Crippen molar-refractivity contribution in [3.63, 3.8) is 0 Å². The van der Waals surface area contributed by atoms with Crippen LogP contribution in [-0.2, 0) is 10.2 Å². The molecule has 1 aromatic rings. The van der Waals surface area contributed by atoms with Crippen LogP contribution < -0.4 is 4.72 Å². The Bertz CT molecular complexity index is 446. The molecule has 0 aliphatic heterocycles. The number of nitrogens with one attached hydrogen (secondary N) is 1. The fourth-order valence-electron chi connectivity index (χ4n) is 1.56. The van der Waals surface area contributed by atoms with Gasteiger partial charge in [-0.2, -0.15) is 17.4 Å². The van der Waals surface area contributed by atoms with Crippen LogP contribution in [0.15, 0.2) is 30.3 Å².